The van der Waals surface area contributed by atoms with Crippen molar-refractivity contribution in [1.82, 2.24) is 9.78 Å². The minimum absolute atomic E-state index is 0.152. The van der Waals surface area contributed by atoms with Crippen LogP contribution in [0.1, 0.15) is 37.9 Å². The van der Waals surface area contributed by atoms with Crippen molar-refractivity contribution in [3.8, 4) is 0 Å². The zero-order valence-corrected chi connectivity index (χ0v) is 11.3. The Labute approximate surface area is 108 Å². The quantitative estimate of drug-likeness (QED) is 0.863. The SMILES string of the molecule is CCCn1nccc1C(N)C1(OC)CCOCC1. The summed E-state index contributed by atoms with van der Waals surface area (Å²) in [7, 11) is 1.74. The van der Waals surface area contributed by atoms with Gasteiger partial charge in [0.1, 0.15) is 0 Å². The third-order valence-electron chi connectivity index (χ3n) is 3.82. The molecule has 1 unspecified atom stereocenters. The Morgan fingerprint density at radius 2 is 2.28 bits per heavy atom. The van der Waals surface area contributed by atoms with Crippen LogP contribution < -0.4 is 5.73 Å². The van der Waals surface area contributed by atoms with Gasteiger partial charge in [0.25, 0.3) is 0 Å². The van der Waals surface area contributed by atoms with E-state index >= 15 is 0 Å². The van der Waals surface area contributed by atoms with Gasteiger partial charge in [0.05, 0.1) is 17.3 Å². The molecule has 5 heteroatoms. The number of rotatable bonds is 5. The normalized spacial score (nSPS) is 20.8. The summed E-state index contributed by atoms with van der Waals surface area (Å²) < 4.78 is 13.2. The van der Waals surface area contributed by atoms with Crippen LogP contribution in [0.15, 0.2) is 12.3 Å². The number of aryl methyl sites for hydroxylation is 1. The highest BCUT2D eigenvalue weighted by Crippen LogP contribution is 2.35. The van der Waals surface area contributed by atoms with Gasteiger partial charge >= 0.3 is 0 Å². The van der Waals surface area contributed by atoms with E-state index in [-0.39, 0.29) is 11.6 Å². The lowest BCUT2D eigenvalue weighted by Gasteiger charge is -2.40. The zero-order valence-electron chi connectivity index (χ0n) is 11.3. The summed E-state index contributed by atoms with van der Waals surface area (Å²) in [6, 6.07) is 1.84. The van der Waals surface area contributed by atoms with Crippen molar-refractivity contribution >= 4 is 0 Å². The molecule has 5 nitrogen and oxygen atoms in total. The number of aromatic nitrogens is 2. The van der Waals surface area contributed by atoms with Crippen molar-refractivity contribution in [3.05, 3.63) is 18.0 Å². The maximum absolute atomic E-state index is 6.45. The second kappa shape index (κ2) is 5.82. The topological polar surface area (TPSA) is 62.3 Å². The van der Waals surface area contributed by atoms with Gasteiger partial charge in [-0.05, 0) is 12.5 Å². The molecule has 0 radical (unpaired) electrons. The van der Waals surface area contributed by atoms with Crippen LogP contribution in [0, 0.1) is 0 Å². The summed E-state index contributed by atoms with van der Waals surface area (Å²) in [5, 5.41) is 4.34. The predicted octanol–water partition coefficient (Wildman–Crippen LogP) is 1.49. The molecule has 0 aliphatic carbocycles. The van der Waals surface area contributed by atoms with E-state index in [1.54, 1.807) is 7.11 Å². The molecule has 0 amide bonds. The molecule has 0 saturated carbocycles. The smallest absolute Gasteiger partial charge is 0.0929 e. The Morgan fingerprint density at radius 1 is 1.56 bits per heavy atom. The van der Waals surface area contributed by atoms with Crippen molar-refractivity contribution in [3.63, 3.8) is 0 Å². The summed E-state index contributed by atoms with van der Waals surface area (Å²) in [5.74, 6) is 0. The molecular weight excluding hydrogens is 230 g/mol. The van der Waals surface area contributed by atoms with Crippen molar-refractivity contribution in [2.24, 2.45) is 5.73 Å². The second-order valence-electron chi connectivity index (χ2n) is 4.84. The van der Waals surface area contributed by atoms with E-state index in [0.717, 1.165) is 31.5 Å². The van der Waals surface area contributed by atoms with E-state index in [0.29, 0.717) is 13.2 Å². The summed E-state index contributed by atoms with van der Waals surface area (Å²) in [5.41, 5.74) is 7.19. The lowest BCUT2D eigenvalue weighted by Crippen LogP contribution is -2.48. The Hall–Kier alpha value is -0.910. The Morgan fingerprint density at radius 3 is 2.89 bits per heavy atom. The molecule has 0 aromatic carbocycles. The van der Waals surface area contributed by atoms with Crippen LogP contribution in [0.25, 0.3) is 0 Å². The fourth-order valence-electron chi connectivity index (χ4n) is 2.63. The van der Waals surface area contributed by atoms with Crippen molar-refractivity contribution in [2.75, 3.05) is 20.3 Å². The first-order chi connectivity index (χ1) is 8.73. The van der Waals surface area contributed by atoms with Gasteiger partial charge in [-0.3, -0.25) is 4.68 Å². The maximum Gasteiger partial charge on any atom is 0.0929 e. The lowest BCUT2D eigenvalue weighted by atomic mass is 9.84. The Bertz CT molecular complexity index is 372. The predicted molar refractivity (Wildman–Crippen MR) is 69.2 cm³/mol. The maximum atomic E-state index is 6.45. The number of hydrogen-bond acceptors (Lipinski definition) is 4. The number of nitrogens with zero attached hydrogens (tertiary/aromatic N) is 2. The van der Waals surface area contributed by atoms with Crippen LogP contribution >= 0.6 is 0 Å². The van der Waals surface area contributed by atoms with Crippen LogP contribution in [0.2, 0.25) is 0 Å². The van der Waals surface area contributed by atoms with E-state index in [1.165, 1.54) is 0 Å². The summed E-state index contributed by atoms with van der Waals surface area (Å²) in [4.78, 5) is 0. The van der Waals surface area contributed by atoms with Gasteiger partial charge in [0.2, 0.25) is 0 Å². The van der Waals surface area contributed by atoms with Gasteiger partial charge in [-0.15, -0.1) is 0 Å². The van der Waals surface area contributed by atoms with Crippen LogP contribution in [-0.2, 0) is 16.0 Å². The monoisotopic (exact) mass is 253 g/mol. The second-order valence-corrected chi connectivity index (χ2v) is 4.84. The Kier molecular flexibility index (Phi) is 4.37. The zero-order chi connectivity index (χ0) is 13.0. The van der Waals surface area contributed by atoms with Crippen LogP contribution in [-0.4, -0.2) is 35.7 Å². The molecule has 0 bridgehead atoms. The first kappa shape index (κ1) is 13.5. The van der Waals surface area contributed by atoms with Gasteiger partial charge in [0.15, 0.2) is 0 Å². The van der Waals surface area contributed by atoms with Crippen LogP contribution in [0.4, 0.5) is 0 Å². The van der Waals surface area contributed by atoms with E-state index in [9.17, 15) is 0 Å². The molecule has 1 fully saturated rings. The minimum Gasteiger partial charge on any atom is -0.381 e. The molecule has 0 spiro atoms. The molecule has 2 N–H and O–H groups in total. The third kappa shape index (κ3) is 2.43. The highest BCUT2D eigenvalue weighted by molar-refractivity contribution is 5.13. The summed E-state index contributed by atoms with van der Waals surface area (Å²) in [6.45, 7) is 4.46. The Balaban J connectivity index is 2.22. The van der Waals surface area contributed by atoms with E-state index < -0.39 is 0 Å². The standard InChI is InChI=1S/C13H23N3O2/c1-3-8-16-11(4-7-15-16)12(14)13(17-2)5-9-18-10-6-13/h4,7,12H,3,5-6,8-10,14H2,1-2H3. The first-order valence-corrected chi connectivity index (χ1v) is 6.63. The van der Waals surface area contributed by atoms with E-state index in [2.05, 4.69) is 12.0 Å². The van der Waals surface area contributed by atoms with Gasteiger partial charge < -0.3 is 15.2 Å². The van der Waals surface area contributed by atoms with Crippen LogP contribution in [0.3, 0.4) is 0 Å². The van der Waals surface area contributed by atoms with E-state index in [4.69, 9.17) is 15.2 Å². The first-order valence-electron chi connectivity index (χ1n) is 6.63. The molecule has 1 atom stereocenters. The minimum atomic E-state index is -0.316. The molecule has 1 aliphatic heterocycles. The number of hydrogen-bond donors (Lipinski definition) is 1. The van der Waals surface area contributed by atoms with Gasteiger partial charge in [0, 0.05) is 45.9 Å². The van der Waals surface area contributed by atoms with Crippen molar-refractivity contribution < 1.29 is 9.47 Å². The highest BCUT2D eigenvalue weighted by Gasteiger charge is 2.40. The molecule has 1 saturated heterocycles. The molecule has 2 heterocycles. The van der Waals surface area contributed by atoms with Gasteiger partial charge in [-0.2, -0.15) is 5.10 Å². The molecule has 1 aromatic heterocycles. The lowest BCUT2D eigenvalue weighted by molar-refractivity contribution is -0.106. The molecule has 1 aliphatic rings. The van der Waals surface area contributed by atoms with Crippen molar-refractivity contribution in [1.29, 1.82) is 0 Å². The highest BCUT2D eigenvalue weighted by atomic mass is 16.5. The number of ether oxygens (including phenoxy) is 2. The van der Waals surface area contributed by atoms with Crippen LogP contribution in [0.5, 0.6) is 0 Å². The van der Waals surface area contributed by atoms with Gasteiger partial charge in [-0.25, -0.2) is 0 Å². The third-order valence-corrected chi connectivity index (χ3v) is 3.82. The molecule has 18 heavy (non-hydrogen) atoms. The number of methoxy groups -OCH3 is 1. The molecular formula is C13H23N3O2. The number of nitrogens with two attached hydrogens (primary N) is 1. The van der Waals surface area contributed by atoms with Crippen molar-refractivity contribution in [2.45, 2.75) is 44.4 Å². The van der Waals surface area contributed by atoms with Gasteiger partial charge in [-0.1, -0.05) is 6.92 Å². The molecule has 102 valence electrons. The molecule has 2 rings (SSSR count). The largest absolute Gasteiger partial charge is 0.381 e. The summed E-state index contributed by atoms with van der Waals surface area (Å²) in [6.07, 6.45) is 4.53. The fourth-order valence-corrected chi connectivity index (χ4v) is 2.63. The average Bonchev–Trinajstić information content (AvgIpc) is 2.87. The average molecular weight is 253 g/mol. The van der Waals surface area contributed by atoms with E-state index in [1.807, 2.05) is 16.9 Å². The molecule has 1 aromatic rings. The fraction of sp³-hybridized carbons (Fsp3) is 0.769. The summed E-state index contributed by atoms with van der Waals surface area (Å²) >= 11 is 0.